The van der Waals surface area contributed by atoms with E-state index in [-0.39, 0.29) is 12.4 Å². The zero-order valence-corrected chi connectivity index (χ0v) is 15.1. The van der Waals surface area contributed by atoms with Crippen LogP contribution in [0.1, 0.15) is 25.2 Å². The predicted octanol–water partition coefficient (Wildman–Crippen LogP) is 2.23. The summed E-state index contributed by atoms with van der Waals surface area (Å²) >= 11 is 0. The van der Waals surface area contributed by atoms with Gasteiger partial charge in [0.25, 0.3) is 5.91 Å². The molecule has 0 bridgehead atoms. The van der Waals surface area contributed by atoms with Gasteiger partial charge < -0.3 is 14.6 Å². The van der Waals surface area contributed by atoms with Crippen molar-refractivity contribution >= 4 is 17.8 Å². The summed E-state index contributed by atoms with van der Waals surface area (Å²) in [6.07, 6.45) is 1.41. The van der Waals surface area contributed by atoms with Crippen LogP contribution in [0, 0.1) is 5.82 Å². The highest BCUT2D eigenvalue weighted by molar-refractivity contribution is 6.08. The lowest BCUT2D eigenvalue weighted by molar-refractivity contribution is -0.139. The van der Waals surface area contributed by atoms with Gasteiger partial charge in [-0.1, -0.05) is 12.1 Å². The van der Waals surface area contributed by atoms with Crippen LogP contribution in [0.4, 0.5) is 9.18 Å². The molecule has 1 unspecified atom stereocenters. The maximum absolute atomic E-state index is 13.4. The first kappa shape index (κ1) is 18.6. The van der Waals surface area contributed by atoms with Gasteiger partial charge in [-0.2, -0.15) is 0 Å². The fourth-order valence-corrected chi connectivity index (χ4v) is 3.04. The van der Waals surface area contributed by atoms with E-state index in [1.165, 1.54) is 30.2 Å². The van der Waals surface area contributed by atoms with Crippen LogP contribution >= 0.6 is 0 Å². The molecule has 4 amide bonds. The number of carbonyl (C=O) groups is 3. The van der Waals surface area contributed by atoms with Gasteiger partial charge in [-0.3, -0.25) is 14.5 Å². The summed E-state index contributed by atoms with van der Waals surface area (Å²) in [5, 5.41) is 2.58. The second-order valence-electron chi connectivity index (χ2n) is 6.46. The van der Waals surface area contributed by atoms with Gasteiger partial charge in [-0.15, -0.1) is 0 Å². The molecule has 142 valence electrons. The van der Waals surface area contributed by atoms with Crippen LogP contribution in [0.25, 0.3) is 0 Å². The van der Waals surface area contributed by atoms with E-state index in [1.54, 1.807) is 31.2 Å². The summed E-state index contributed by atoms with van der Waals surface area (Å²) in [6.45, 7) is 3.45. The largest absolute Gasteiger partial charge is 0.466 e. The van der Waals surface area contributed by atoms with E-state index < -0.39 is 29.9 Å². The number of likely N-dealkylation sites (N-methyl/N-ethyl adjacent to an activating group) is 1. The number of nitrogens with one attached hydrogen (secondary N) is 1. The summed E-state index contributed by atoms with van der Waals surface area (Å²) in [5.41, 5.74) is -0.719. The third-order valence-electron chi connectivity index (χ3n) is 4.58. The number of carbonyl (C=O) groups excluding carboxylic acids is 3. The molecule has 1 N–H and O–H groups in total. The van der Waals surface area contributed by atoms with Crippen molar-refractivity contribution in [2.24, 2.45) is 0 Å². The molecule has 8 heteroatoms. The SMILES string of the molecule is CCN(Cc1cccc(F)c1)C(=O)CN1C(=O)NC(C)(c2ccco2)C1=O. The van der Waals surface area contributed by atoms with Gasteiger partial charge in [0, 0.05) is 13.1 Å². The molecule has 27 heavy (non-hydrogen) atoms. The van der Waals surface area contributed by atoms with E-state index in [0.717, 1.165) is 4.90 Å². The number of halogens is 1. The van der Waals surface area contributed by atoms with Gasteiger partial charge >= 0.3 is 6.03 Å². The van der Waals surface area contributed by atoms with Crippen molar-refractivity contribution in [3.05, 3.63) is 59.8 Å². The van der Waals surface area contributed by atoms with Gasteiger partial charge in [-0.05, 0) is 43.7 Å². The molecule has 7 nitrogen and oxygen atoms in total. The van der Waals surface area contributed by atoms with E-state index in [2.05, 4.69) is 5.32 Å². The second-order valence-corrected chi connectivity index (χ2v) is 6.46. The highest BCUT2D eigenvalue weighted by atomic mass is 19.1. The minimum Gasteiger partial charge on any atom is -0.466 e. The molecular formula is C19H20FN3O4. The summed E-state index contributed by atoms with van der Waals surface area (Å²) < 4.78 is 18.6. The molecule has 2 aromatic rings. The van der Waals surface area contributed by atoms with E-state index >= 15 is 0 Å². The summed E-state index contributed by atoms with van der Waals surface area (Å²) in [4.78, 5) is 40.0. The molecule has 1 fully saturated rings. The summed E-state index contributed by atoms with van der Waals surface area (Å²) in [5.74, 6) is -1.06. The van der Waals surface area contributed by atoms with Crippen LogP contribution in [0.15, 0.2) is 47.1 Å². The molecule has 0 aliphatic carbocycles. The quantitative estimate of drug-likeness (QED) is 0.787. The number of amides is 4. The molecular weight excluding hydrogens is 353 g/mol. The summed E-state index contributed by atoms with van der Waals surface area (Å²) in [7, 11) is 0. The minimum absolute atomic E-state index is 0.187. The Kier molecular flexibility index (Phi) is 4.98. The number of nitrogens with zero attached hydrogens (tertiary/aromatic N) is 2. The van der Waals surface area contributed by atoms with Crippen LogP contribution in [-0.2, 0) is 21.7 Å². The number of rotatable bonds is 6. The van der Waals surface area contributed by atoms with Crippen molar-refractivity contribution < 1.29 is 23.2 Å². The van der Waals surface area contributed by atoms with Crippen molar-refractivity contribution in [3.63, 3.8) is 0 Å². The van der Waals surface area contributed by atoms with E-state index in [4.69, 9.17) is 4.42 Å². The molecule has 1 aromatic carbocycles. The number of benzene rings is 1. The van der Waals surface area contributed by atoms with Crippen LogP contribution in [0.5, 0.6) is 0 Å². The first-order valence-electron chi connectivity index (χ1n) is 8.55. The number of furan rings is 1. The van der Waals surface area contributed by atoms with Crippen molar-refractivity contribution in [3.8, 4) is 0 Å². The Balaban J connectivity index is 1.72. The predicted molar refractivity (Wildman–Crippen MR) is 93.8 cm³/mol. The molecule has 0 radical (unpaired) electrons. The van der Waals surface area contributed by atoms with E-state index in [9.17, 15) is 18.8 Å². The molecule has 0 saturated carbocycles. The van der Waals surface area contributed by atoms with Crippen molar-refractivity contribution in [2.45, 2.75) is 25.9 Å². The van der Waals surface area contributed by atoms with Gasteiger partial charge in [0.05, 0.1) is 6.26 Å². The lowest BCUT2D eigenvalue weighted by Crippen LogP contribution is -2.44. The maximum Gasteiger partial charge on any atom is 0.325 e. The standard InChI is InChI=1S/C19H20FN3O4/c1-3-22(11-13-6-4-7-14(20)10-13)16(24)12-23-17(25)19(2,21-18(23)26)15-8-5-9-27-15/h4-10H,3,11-12H2,1-2H3,(H,21,26). The van der Waals surface area contributed by atoms with Gasteiger partial charge in [0.15, 0.2) is 5.54 Å². The smallest absolute Gasteiger partial charge is 0.325 e. The number of imide groups is 1. The second kappa shape index (κ2) is 7.22. The van der Waals surface area contributed by atoms with Crippen molar-refractivity contribution in [1.82, 2.24) is 15.1 Å². The first-order valence-corrected chi connectivity index (χ1v) is 8.55. The number of urea groups is 1. The van der Waals surface area contributed by atoms with Crippen LogP contribution < -0.4 is 5.32 Å². The minimum atomic E-state index is -1.35. The summed E-state index contributed by atoms with van der Waals surface area (Å²) in [6, 6.07) is 8.49. The Morgan fingerprint density at radius 2 is 2.07 bits per heavy atom. The average Bonchev–Trinajstić information content (AvgIpc) is 3.24. The topological polar surface area (TPSA) is 82.9 Å². The first-order chi connectivity index (χ1) is 12.8. The zero-order chi connectivity index (χ0) is 19.6. The Morgan fingerprint density at radius 3 is 2.70 bits per heavy atom. The molecule has 1 aromatic heterocycles. The molecule has 1 aliphatic rings. The van der Waals surface area contributed by atoms with Crippen molar-refractivity contribution in [2.75, 3.05) is 13.1 Å². The van der Waals surface area contributed by atoms with Crippen LogP contribution in [0.2, 0.25) is 0 Å². The maximum atomic E-state index is 13.4. The molecule has 0 spiro atoms. The molecule has 1 aliphatic heterocycles. The van der Waals surface area contributed by atoms with Crippen LogP contribution in [-0.4, -0.2) is 40.7 Å². The van der Waals surface area contributed by atoms with Gasteiger partial charge in [0.1, 0.15) is 18.1 Å². The van der Waals surface area contributed by atoms with E-state index in [1.807, 2.05) is 0 Å². The highest BCUT2D eigenvalue weighted by Crippen LogP contribution is 2.29. The highest BCUT2D eigenvalue weighted by Gasteiger charge is 2.51. The fourth-order valence-electron chi connectivity index (χ4n) is 3.04. The normalized spacial score (nSPS) is 19.3. The average molecular weight is 373 g/mol. The van der Waals surface area contributed by atoms with E-state index in [0.29, 0.717) is 17.9 Å². The van der Waals surface area contributed by atoms with Crippen LogP contribution in [0.3, 0.4) is 0 Å². The Bertz CT molecular complexity index is 868. The molecule has 3 rings (SSSR count). The lowest BCUT2D eigenvalue weighted by Gasteiger charge is -2.24. The third-order valence-corrected chi connectivity index (χ3v) is 4.58. The van der Waals surface area contributed by atoms with Gasteiger partial charge in [-0.25, -0.2) is 9.18 Å². The fraction of sp³-hybridized carbons (Fsp3) is 0.316. The third kappa shape index (κ3) is 3.55. The Morgan fingerprint density at radius 1 is 1.30 bits per heavy atom. The van der Waals surface area contributed by atoms with Crippen molar-refractivity contribution in [1.29, 1.82) is 0 Å². The molecule has 1 saturated heterocycles. The van der Waals surface area contributed by atoms with Gasteiger partial charge in [0.2, 0.25) is 5.91 Å². The molecule has 2 heterocycles. The Hall–Kier alpha value is -3.16. The zero-order valence-electron chi connectivity index (χ0n) is 15.1. The Labute approximate surface area is 155 Å². The number of hydrogen-bond donors (Lipinski definition) is 1. The molecule has 1 atom stereocenters. The lowest BCUT2D eigenvalue weighted by atomic mass is 9.99. The number of hydrogen-bond acceptors (Lipinski definition) is 4. The monoisotopic (exact) mass is 373 g/mol.